The highest BCUT2D eigenvalue weighted by Crippen LogP contribution is 2.43. The predicted molar refractivity (Wildman–Crippen MR) is 122 cm³/mol. The highest BCUT2D eigenvalue weighted by Gasteiger charge is 2.29. The summed E-state index contributed by atoms with van der Waals surface area (Å²) >= 11 is 2.20. The SMILES string of the molecule is Nc1c([S+](O)CCCCO)sc2nc(-c3cccs3)cc(-c3ccccc3)c12. The third kappa shape index (κ3) is 3.81. The molecule has 0 amide bonds. The first kappa shape index (κ1) is 19.4. The molecule has 1 atom stereocenters. The van der Waals surface area contributed by atoms with E-state index in [-0.39, 0.29) is 6.61 Å². The molecule has 3 heterocycles. The van der Waals surface area contributed by atoms with E-state index in [0.717, 1.165) is 42.5 Å². The van der Waals surface area contributed by atoms with Crippen molar-refractivity contribution >= 4 is 49.8 Å². The van der Waals surface area contributed by atoms with Crippen LogP contribution in [0.5, 0.6) is 0 Å². The number of aromatic nitrogens is 1. The minimum absolute atomic E-state index is 0.142. The normalized spacial score (nSPS) is 12.5. The highest BCUT2D eigenvalue weighted by molar-refractivity contribution is 7.93. The number of nitrogens with two attached hydrogens (primary N) is 1. The van der Waals surface area contributed by atoms with Crippen molar-refractivity contribution in [3.8, 4) is 21.7 Å². The van der Waals surface area contributed by atoms with E-state index in [1.165, 1.54) is 11.3 Å². The van der Waals surface area contributed by atoms with E-state index in [1.54, 1.807) is 11.3 Å². The van der Waals surface area contributed by atoms with Gasteiger partial charge in [-0.1, -0.05) is 47.7 Å². The number of hydrogen-bond acceptors (Lipinski definition) is 6. The molecule has 1 aromatic carbocycles. The Bertz CT molecular complexity index is 1060. The molecule has 0 saturated carbocycles. The summed E-state index contributed by atoms with van der Waals surface area (Å²) in [5.74, 6) is 0.607. The van der Waals surface area contributed by atoms with Gasteiger partial charge in [0.15, 0.2) is 11.2 Å². The lowest BCUT2D eigenvalue weighted by Crippen LogP contribution is -2.07. The predicted octanol–water partition coefficient (Wildman–Crippen LogP) is 5.50. The van der Waals surface area contributed by atoms with Gasteiger partial charge in [0, 0.05) is 12.0 Å². The zero-order chi connectivity index (χ0) is 19.5. The molecule has 1 unspecified atom stereocenters. The van der Waals surface area contributed by atoms with Gasteiger partial charge in [0.2, 0.25) is 0 Å². The number of aliphatic hydroxyl groups excluding tert-OH is 1. The number of benzene rings is 1. The monoisotopic (exact) mass is 429 g/mol. The first-order valence-corrected chi connectivity index (χ1v) is 12.1. The van der Waals surface area contributed by atoms with E-state index >= 15 is 0 Å². The van der Waals surface area contributed by atoms with Gasteiger partial charge in [0.1, 0.15) is 16.3 Å². The minimum atomic E-state index is -0.942. The van der Waals surface area contributed by atoms with Gasteiger partial charge in [-0.25, -0.2) is 4.98 Å². The Hall–Kier alpha value is -1.90. The summed E-state index contributed by atoms with van der Waals surface area (Å²) in [5, 5.41) is 12.0. The number of rotatable bonds is 7. The van der Waals surface area contributed by atoms with E-state index in [4.69, 9.17) is 15.8 Å². The summed E-state index contributed by atoms with van der Waals surface area (Å²) in [7, 11) is 0. The minimum Gasteiger partial charge on any atom is -0.396 e. The zero-order valence-electron chi connectivity index (χ0n) is 15.2. The number of anilines is 1. The second-order valence-corrected chi connectivity index (χ2v) is 10.1. The second-order valence-electron chi connectivity index (χ2n) is 6.38. The van der Waals surface area contributed by atoms with Gasteiger partial charge in [-0.05, 0) is 41.5 Å². The number of nitrogens with zero attached hydrogens (tertiary/aromatic N) is 1. The van der Waals surface area contributed by atoms with Gasteiger partial charge in [0.25, 0.3) is 4.21 Å². The summed E-state index contributed by atoms with van der Waals surface area (Å²) in [4.78, 5) is 6.83. The van der Waals surface area contributed by atoms with E-state index < -0.39 is 11.2 Å². The Kier molecular flexibility index (Phi) is 5.99. The molecule has 3 aromatic heterocycles. The Labute approximate surface area is 174 Å². The third-order valence-corrected chi connectivity index (χ3v) is 8.42. The molecule has 0 aliphatic rings. The molecule has 0 saturated heterocycles. The Morgan fingerprint density at radius 2 is 1.89 bits per heavy atom. The van der Waals surface area contributed by atoms with Gasteiger partial charge >= 0.3 is 0 Å². The van der Waals surface area contributed by atoms with Crippen molar-refractivity contribution in [3.05, 3.63) is 53.9 Å². The standard InChI is InChI=1S/C21H21N2O2S3/c22-19-18-15(14-7-2-1-3-8-14)13-16(17-9-6-11-26-17)23-20(18)27-21(19)28(25)12-5-4-10-24/h1-3,6-9,11,13,24-25H,4-5,10,12,22H2/q+1. The Balaban J connectivity index is 1.87. The largest absolute Gasteiger partial charge is 0.396 e. The lowest BCUT2D eigenvalue weighted by molar-refractivity contribution is 0.287. The molecule has 0 aliphatic carbocycles. The van der Waals surface area contributed by atoms with Gasteiger partial charge in [-0.15, -0.1) is 11.3 Å². The van der Waals surface area contributed by atoms with Crippen LogP contribution in [-0.2, 0) is 11.2 Å². The fourth-order valence-electron chi connectivity index (χ4n) is 3.11. The average molecular weight is 430 g/mol. The fraction of sp³-hybridized carbons (Fsp3) is 0.190. The number of pyridine rings is 1. The van der Waals surface area contributed by atoms with Crippen LogP contribution in [0.3, 0.4) is 0 Å². The Morgan fingerprint density at radius 1 is 1.07 bits per heavy atom. The number of aliphatic hydroxyl groups is 1. The van der Waals surface area contributed by atoms with E-state index in [0.29, 0.717) is 17.9 Å². The maximum Gasteiger partial charge on any atom is 0.269 e. The first-order valence-electron chi connectivity index (χ1n) is 9.02. The maximum atomic E-state index is 10.7. The second kappa shape index (κ2) is 8.63. The number of hydrogen-bond donors (Lipinski definition) is 3. The maximum absolute atomic E-state index is 10.7. The van der Waals surface area contributed by atoms with Crippen molar-refractivity contribution in [1.82, 2.24) is 4.98 Å². The summed E-state index contributed by atoms with van der Waals surface area (Å²) in [6.45, 7) is 0.142. The molecule has 144 valence electrons. The number of unbranched alkanes of at least 4 members (excludes halogenated alkanes) is 1. The van der Waals surface area contributed by atoms with E-state index in [1.807, 2.05) is 29.6 Å². The quantitative estimate of drug-likeness (QED) is 0.268. The molecular weight excluding hydrogens is 408 g/mol. The lowest BCUT2D eigenvalue weighted by Gasteiger charge is -2.07. The summed E-state index contributed by atoms with van der Waals surface area (Å²) in [5.41, 5.74) is 10.2. The molecule has 4 N–H and O–H groups in total. The van der Waals surface area contributed by atoms with Gasteiger partial charge in [-0.2, -0.15) is 4.55 Å². The van der Waals surface area contributed by atoms with Crippen molar-refractivity contribution in [2.45, 2.75) is 17.1 Å². The molecule has 4 nitrogen and oxygen atoms in total. The van der Waals surface area contributed by atoms with Crippen LogP contribution < -0.4 is 5.73 Å². The van der Waals surface area contributed by atoms with Crippen LogP contribution in [0.4, 0.5) is 5.69 Å². The molecule has 0 spiro atoms. The van der Waals surface area contributed by atoms with Crippen molar-refractivity contribution in [1.29, 1.82) is 0 Å². The molecule has 4 rings (SSSR count). The zero-order valence-corrected chi connectivity index (χ0v) is 17.6. The fourth-order valence-corrected chi connectivity index (χ4v) is 6.55. The number of thiophene rings is 2. The van der Waals surface area contributed by atoms with Gasteiger partial charge in [0.05, 0.1) is 10.6 Å². The highest BCUT2D eigenvalue weighted by atomic mass is 32.2. The summed E-state index contributed by atoms with van der Waals surface area (Å²) in [6.07, 6.45) is 1.45. The van der Waals surface area contributed by atoms with Crippen molar-refractivity contribution in [3.63, 3.8) is 0 Å². The molecule has 0 aliphatic heterocycles. The molecule has 28 heavy (non-hydrogen) atoms. The van der Waals surface area contributed by atoms with Crippen LogP contribution in [0, 0.1) is 0 Å². The molecule has 0 bridgehead atoms. The molecule has 4 aromatic rings. The van der Waals surface area contributed by atoms with Crippen LogP contribution >= 0.6 is 22.7 Å². The molecule has 0 fully saturated rings. The van der Waals surface area contributed by atoms with Crippen molar-refractivity contribution in [2.24, 2.45) is 0 Å². The van der Waals surface area contributed by atoms with Crippen molar-refractivity contribution < 1.29 is 9.66 Å². The third-order valence-electron chi connectivity index (χ3n) is 4.48. The lowest BCUT2D eigenvalue weighted by atomic mass is 10.0. The molecule has 0 radical (unpaired) electrons. The average Bonchev–Trinajstić information content (AvgIpc) is 3.37. The van der Waals surface area contributed by atoms with Crippen LogP contribution in [-0.4, -0.2) is 27.0 Å². The first-order chi connectivity index (χ1) is 13.7. The van der Waals surface area contributed by atoms with Crippen LogP contribution in [0.2, 0.25) is 0 Å². The molecule has 7 heteroatoms. The van der Waals surface area contributed by atoms with E-state index in [2.05, 4.69) is 24.3 Å². The van der Waals surface area contributed by atoms with Gasteiger partial charge in [-0.3, -0.25) is 0 Å². The van der Waals surface area contributed by atoms with E-state index in [9.17, 15) is 4.55 Å². The number of fused-ring (bicyclic) bond motifs is 1. The van der Waals surface area contributed by atoms with Crippen molar-refractivity contribution in [2.75, 3.05) is 18.1 Å². The number of nitrogen functional groups attached to an aromatic ring is 1. The van der Waals surface area contributed by atoms with Crippen LogP contribution in [0.25, 0.3) is 31.9 Å². The smallest absolute Gasteiger partial charge is 0.269 e. The summed E-state index contributed by atoms with van der Waals surface area (Å²) < 4.78 is 11.5. The topological polar surface area (TPSA) is 79.4 Å². The van der Waals surface area contributed by atoms with Crippen LogP contribution in [0.1, 0.15) is 12.8 Å². The van der Waals surface area contributed by atoms with Gasteiger partial charge < -0.3 is 10.8 Å². The van der Waals surface area contributed by atoms with Crippen LogP contribution in [0.15, 0.2) is 58.1 Å². The Morgan fingerprint density at radius 3 is 2.61 bits per heavy atom. The summed E-state index contributed by atoms with van der Waals surface area (Å²) in [6, 6.07) is 16.4. The molecular formula is C21H21N2O2S3+.